The van der Waals surface area contributed by atoms with Gasteiger partial charge in [-0.15, -0.1) is 11.8 Å². The molecule has 1 aromatic carbocycles. The summed E-state index contributed by atoms with van der Waals surface area (Å²) < 4.78 is 1.23. The Kier molecular flexibility index (Phi) is 3.20. The summed E-state index contributed by atoms with van der Waals surface area (Å²) in [5.41, 5.74) is 7.12. The van der Waals surface area contributed by atoms with Crippen molar-refractivity contribution in [3.05, 3.63) is 28.2 Å². The molecular formula is C11H14BrNS. The van der Waals surface area contributed by atoms with Crippen LogP contribution in [-0.2, 0) is 0 Å². The van der Waals surface area contributed by atoms with Crippen LogP contribution in [0.25, 0.3) is 0 Å². The van der Waals surface area contributed by atoms with Crippen LogP contribution in [0.1, 0.15) is 24.8 Å². The molecule has 3 heteroatoms. The Morgan fingerprint density at radius 3 is 3.00 bits per heavy atom. The number of hydrogen-bond donors (Lipinski definition) is 1. The quantitative estimate of drug-likeness (QED) is 0.893. The fraction of sp³-hybridized carbons (Fsp3) is 0.455. The van der Waals surface area contributed by atoms with E-state index >= 15 is 0 Å². The molecule has 0 aromatic heterocycles. The molecule has 2 rings (SSSR count). The summed E-state index contributed by atoms with van der Waals surface area (Å²) in [6, 6.07) is 6.46. The van der Waals surface area contributed by atoms with Crippen molar-refractivity contribution in [3.63, 3.8) is 0 Å². The van der Waals surface area contributed by atoms with Crippen molar-refractivity contribution >= 4 is 27.7 Å². The Morgan fingerprint density at radius 2 is 2.29 bits per heavy atom. The average Bonchev–Trinajstić information content (AvgIpc) is 2.47. The van der Waals surface area contributed by atoms with Gasteiger partial charge in [0.2, 0.25) is 0 Å². The molecule has 0 spiro atoms. The van der Waals surface area contributed by atoms with E-state index in [-0.39, 0.29) is 0 Å². The lowest BCUT2D eigenvalue weighted by atomic mass is 9.93. The number of benzene rings is 1. The summed E-state index contributed by atoms with van der Waals surface area (Å²) in [6.45, 7) is 3.07. The first-order chi connectivity index (χ1) is 6.74. The molecule has 0 radical (unpaired) electrons. The minimum atomic E-state index is 0.637. The Hall–Kier alpha value is 0.01000. The number of halogens is 1. The summed E-state index contributed by atoms with van der Waals surface area (Å²) in [7, 11) is 0. The molecule has 2 N–H and O–H groups in total. The molecule has 1 aliphatic heterocycles. The maximum Gasteiger partial charge on any atom is 0.0314 e. The lowest BCUT2D eigenvalue weighted by molar-refractivity contribution is 0.633. The zero-order valence-electron chi connectivity index (χ0n) is 8.16. The average molecular weight is 272 g/mol. The lowest BCUT2D eigenvalue weighted by Gasteiger charge is -2.13. The Morgan fingerprint density at radius 1 is 1.50 bits per heavy atom. The molecule has 1 nitrogen and oxygen atoms in total. The van der Waals surface area contributed by atoms with Crippen molar-refractivity contribution < 1.29 is 0 Å². The van der Waals surface area contributed by atoms with Crippen LogP contribution in [-0.4, -0.2) is 11.8 Å². The molecule has 76 valence electrons. The fourth-order valence-electron chi connectivity index (χ4n) is 2.03. The van der Waals surface area contributed by atoms with E-state index in [2.05, 4.69) is 41.1 Å². The van der Waals surface area contributed by atoms with Gasteiger partial charge in [-0.25, -0.2) is 0 Å². The summed E-state index contributed by atoms with van der Waals surface area (Å²) in [4.78, 5) is 1.42. The standard InChI is InChI=1S/C11H14BrNS/c1-7-8(5-6-13)9-3-2-4-10(12)11(9)14-7/h2-4,7-8H,5-6,13H2,1H3. The molecular weight excluding hydrogens is 258 g/mol. The summed E-state index contributed by atoms with van der Waals surface area (Å²) >= 11 is 5.56. The molecule has 2 atom stereocenters. The molecule has 0 bridgehead atoms. The second kappa shape index (κ2) is 4.25. The van der Waals surface area contributed by atoms with Gasteiger partial charge in [-0.2, -0.15) is 0 Å². The van der Waals surface area contributed by atoms with E-state index in [9.17, 15) is 0 Å². The van der Waals surface area contributed by atoms with Crippen LogP contribution in [0.3, 0.4) is 0 Å². The van der Waals surface area contributed by atoms with Crippen molar-refractivity contribution in [1.82, 2.24) is 0 Å². The van der Waals surface area contributed by atoms with Crippen LogP contribution in [0.2, 0.25) is 0 Å². The van der Waals surface area contributed by atoms with Gasteiger partial charge >= 0.3 is 0 Å². The third kappa shape index (κ3) is 1.73. The largest absolute Gasteiger partial charge is 0.330 e. The Balaban J connectivity index is 2.37. The van der Waals surface area contributed by atoms with Gasteiger partial charge in [0.1, 0.15) is 0 Å². The number of hydrogen-bond acceptors (Lipinski definition) is 2. The third-order valence-electron chi connectivity index (χ3n) is 2.74. The maximum atomic E-state index is 5.64. The van der Waals surface area contributed by atoms with Crippen LogP contribution in [0.4, 0.5) is 0 Å². The number of rotatable bonds is 2. The van der Waals surface area contributed by atoms with Crippen LogP contribution < -0.4 is 5.73 Å². The fourth-order valence-corrected chi connectivity index (χ4v) is 4.05. The molecule has 1 aromatic rings. The molecule has 0 saturated heterocycles. The van der Waals surface area contributed by atoms with Crippen molar-refractivity contribution in [2.24, 2.45) is 5.73 Å². The second-order valence-electron chi connectivity index (χ2n) is 3.66. The van der Waals surface area contributed by atoms with Crippen molar-refractivity contribution in [2.75, 3.05) is 6.54 Å². The molecule has 0 saturated carbocycles. The van der Waals surface area contributed by atoms with Crippen LogP contribution in [0.5, 0.6) is 0 Å². The van der Waals surface area contributed by atoms with E-state index in [1.54, 1.807) is 0 Å². The van der Waals surface area contributed by atoms with Crippen LogP contribution >= 0.6 is 27.7 Å². The third-order valence-corrected chi connectivity index (χ3v) is 5.06. The maximum absolute atomic E-state index is 5.64. The molecule has 0 aliphatic carbocycles. The summed E-state index contributed by atoms with van der Waals surface area (Å²) in [6.07, 6.45) is 1.09. The summed E-state index contributed by atoms with van der Waals surface area (Å²) in [5.74, 6) is 0.637. The first-order valence-corrected chi connectivity index (χ1v) is 6.56. The SMILES string of the molecule is CC1Sc2c(Br)cccc2C1CCN. The highest BCUT2D eigenvalue weighted by atomic mass is 79.9. The topological polar surface area (TPSA) is 26.0 Å². The normalized spacial score (nSPS) is 25.1. The van der Waals surface area contributed by atoms with Gasteiger partial charge < -0.3 is 5.73 Å². The van der Waals surface area contributed by atoms with Crippen molar-refractivity contribution in [2.45, 2.75) is 29.4 Å². The highest BCUT2D eigenvalue weighted by Gasteiger charge is 2.30. The number of fused-ring (bicyclic) bond motifs is 1. The first-order valence-electron chi connectivity index (χ1n) is 4.89. The minimum absolute atomic E-state index is 0.637. The molecule has 1 aliphatic rings. The van der Waals surface area contributed by atoms with Crippen LogP contribution in [0, 0.1) is 0 Å². The molecule has 2 unspecified atom stereocenters. The van der Waals surface area contributed by atoms with Gasteiger partial charge in [0, 0.05) is 14.6 Å². The van der Waals surface area contributed by atoms with E-state index in [0.29, 0.717) is 11.2 Å². The zero-order valence-corrected chi connectivity index (χ0v) is 10.6. The van der Waals surface area contributed by atoms with Crippen molar-refractivity contribution in [1.29, 1.82) is 0 Å². The van der Waals surface area contributed by atoms with Gasteiger partial charge in [-0.05, 0) is 46.4 Å². The van der Waals surface area contributed by atoms with Gasteiger partial charge in [0.25, 0.3) is 0 Å². The van der Waals surface area contributed by atoms with E-state index in [0.717, 1.165) is 13.0 Å². The van der Waals surface area contributed by atoms with E-state index in [4.69, 9.17) is 5.73 Å². The van der Waals surface area contributed by atoms with Crippen molar-refractivity contribution in [3.8, 4) is 0 Å². The molecule has 14 heavy (non-hydrogen) atoms. The predicted molar refractivity (Wildman–Crippen MR) is 65.9 cm³/mol. The molecule has 0 fully saturated rings. The minimum Gasteiger partial charge on any atom is -0.330 e. The van der Waals surface area contributed by atoms with Gasteiger partial charge in [-0.1, -0.05) is 19.1 Å². The second-order valence-corrected chi connectivity index (χ2v) is 5.91. The van der Waals surface area contributed by atoms with Gasteiger partial charge in [0.15, 0.2) is 0 Å². The van der Waals surface area contributed by atoms with Crippen LogP contribution in [0.15, 0.2) is 27.6 Å². The van der Waals surface area contributed by atoms with Gasteiger partial charge in [0.05, 0.1) is 0 Å². The van der Waals surface area contributed by atoms with E-state index in [1.165, 1.54) is 14.9 Å². The predicted octanol–water partition coefficient (Wildman–Crippen LogP) is 3.38. The number of thioether (sulfide) groups is 1. The Labute approximate surface area is 97.6 Å². The number of nitrogens with two attached hydrogens (primary N) is 1. The smallest absolute Gasteiger partial charge is 0.0314 e. The Bertz CT molecular complexity index is 340. The van der Waals surface area contributed by atoms with E-state index in [1.807, 2.05) is 11.8 Å². The van der Waals surface area contributed by atoms with Gasteiger partial charge in [-0.3, -0.25) is 0 Å². The molecule has 1 heterocycles. The lowest BCUT2D eigenvalue weighted by Crippen LogP contribution is -2.11. The van der Waals surface area contributed by atoms with E-state index < -0.39 is 0 Å². The monoisotopic (exact) mass is 271 g/mol. The summed E-state index contributed by atoms with van der Waals surface area (Å²) in [5, 5.41) is 0.659. The highest BCUT2D eigenvalue weighted by molar-refractivity contribution is 9.10. The first kappa shape index (κ1) is 10.5. The zero-order chi connectivity index (χ0) is 10.1. The molecule has 0 amide bonds. The highest BCUT2D eigenvalue weighted by Crippen LogP contribution is 2.49.